The van der Waals surface area contributed by atoms with Gasteiger partial charge in [0, 0.05) is 11.9 Å². The van der Waals surface area contributed by atoms with Crippen LogP contribution in [0.2, 0.25) is 0 Å². The van der Waals surface area contributed by atoms with Crippen molar-refractivity contribution < 1.29 is 30.7 Å². The Hall–Kier alpha value is -0.870. The van der Waals surface area contributed by atoms with Crippen LogP contribution in [0, 0.1) is 13.8 Å². The molecule has 134 valence electrons. The molecule has 0 atom stereocenters. The molecule has 2 nitrogen and oxygen atoms in total. The monoisotopic (exact) mass is 414 g/mol. The summed E-state index contributed by atoms with van der Waals surface area (Å²) in [6.45, 7) is 2.07. The first-order valence-corrected chi connectivity index (χ1v) is 7.59. The van der Waals surface area contributed by atoms with Crippen LogP contribution >= 0.6 is 35.1 Å². The number of alkyl halides is 9. The zero-order chi connectivity index (χ0) is 18.7. The topological polar surface area (TPSA) is 17.8 Å². The molecule has 1 aromatic heterocycles. The summed E-state index contributed by atoms with van der Waals surface area (Å²) in [7, 11) is 0. The Labute approximate surface area is 145 Å². The zero-order valence-electron chi connectivity index (χ0n) is 11.8. The lowest BCUT2D eigenvalue weighted by atomic mass is 10.0. The number of rotatable bonds is 2. The summed E-state index contributed by atoms with van der Waals surface area (Å²) in [5.41, 5.74) is -2.91. The summed E-state index contributed by atoms with van der Waals surface area (Å²) in [6, 6.07) is 0.847. The van der Waals surface area contributed by atoms with Crippen molar-refractivity contribution >= 4 is 46.2 Å². The number of fused-ring (bicyclic) bond motifs is 1. The average Bonchev–Trinajstić information content (AvgIpc) is 2.62. The van der Waals surface area contributed by atoms with E-state index in [1.165, 1.54) is 0 Å². The van der Waals surface area contributed by atoms with Crippen molar-refractivity contribution in [1.82, 2.24) is 8.96 Å². The highest BCUT2D eigenvalue weighted by molar-refractivity contribution is 8.01. The second-order valence-corrected chi connectivity index (χ2v) is 7.62. The number of imidazole rings is 1. The largest absolute Gasteiger partial charge is 0.450 e. The highest BCUT2D eigenvalue weighted by Gasteiger charge is 2.42. The number of hydrogen-bond acceptors (Lipinski definition) is 2. The van der Waals surface area contributed by atoms with E-state index in [9.17, 15) is 30.7 Å². The maximum atomic E-state index is 13.4. The van der Waals surface area contributed by atoms with E-state index in [-0.39, 0.29) is 27.0 Å². The van der Waals surface area contributed by atoms with Gasteiger partial charge in [0.25, 0.3) is 0 Å². The predicted molar refractivity (Wildman–Crippen MR) is 77.7 cm³/mol. The van der Waals surface area contributed by atoms with Crippen LogP contribution in [0.3, 0.4) is 0 Å². The van der Waals surface area contributed by atoms with Gasteiger partial charge in [0.1, 0.15) is 0 Å². The Balaban J connectivity index is 2.93. The molecule has 0 aliphatic rings. The SMILES string of the molecule is Cc1cc2nc(C(F)(F)F)n(SC(F)(Cl)Cl)c2c(C)c1C(F)(F)F. The molecule has 12 heteroatoms. The molecule has 0 bridgehead atoms. The summed E-state index contributed by atoms with van der Waals surface area (Å²) < 4.78 is 89.2. The second-order valence-electron chi connectivity index (χ2n) is 4.82. The van der Waals surface area contributed by atoms with Crippen molar-refractivity contribution in [2.45, 2.75) is 30.1 Å². The minimum atomic E-state index is -5.05. The minimum Gasteiger partial charge on any atom is -0.257 e. The molecule has 1 heterocycles. The van der Waals surface area contributed by atoms with Crippen LogP contribution in [0.5, 0.6) is 0 Å². The molecule has 1 aromatic carbocycles. The van der Waals surface area contributed by atoms with Crippen molar-refractivity contribution in [3.63, 3.8) is 0 Å². The highest BCUT2D eigenvalue weighted by Crippen LogP contribution is 2.45. The van der Waals surface area contributed by atoms with Crippen molar-refractivity contribution in [3.8, 4) is 0 Å². The van der Waals surface area contributed by atoms with Gasteiger partial charge in [-0.05, 0) is 31.0 Å². The van der Waals surface area contributed by atoms with Crippen LogP contribution < -0.4 is 0 Å². The fourth-order valence-corrected chi connectivity index (χ4v) is 3.54. The molecule has 0 radical (unpaired) electrons. The summed E-state index contributed by atoms with van der Waals surface area (Å²) in [5, 5.41) is 0. The van der Waals surface area contributed by atoms with Crippen LogP contribution in [0.1, 0.15) is 22.5 Å². The van der Waals surface area contributed by atoms with Gasteiger partial charge in [-0.15, -0.1) is 0 Å². The van der Waals surface area contributed by atoms with Crippen molar-refractivity contribution in [2.75, 3.05) is 0 Å². The lowest BCUT2D eigenvalue weighted by molar-refractivity contribution is -0.144. The summed E-state index contributed by atoms with van der Waals surface area (Å²) in [5.74, 6) is -1.62. The minimum absolute atomic E-state index is 0.138. The Morgan fingerprint density at radius 1 is 1.00 bits per heavy atom. The Kier molecular flexibility index (Phi) is 4.73. The first-order valence-electron chi connectivity index (χ1n) is 6.06. The van der Waals surface area contributed by atoms with Gasteiger partial charge >= 0.3 is 16.3 Å². The van der Waals surface area contributed by atoms with E-state index in [1.54, 1.807) is 0 Å². The molecule has 2 rings (SSSR count). The maximum absolute atomic E-state index is 13.4. The Bertz CT molecular complexity index is 790. The summed E-state index contributed by atoms with van der Waals surface area (Å²) >= 11 is 9.83. The summed E-state index contributed by atoms with van der Waals surface area (Å²) in [6.07, 6.45) is -9.86. The van der Waals surface area contributed by atoms with Gasteiger partial charge in [0.05, 0.1) is 16.6 Å². The van der Waals surface area contributed by atoms with Crippen LogP contribution in [-0.4, -0.2) is 12.9 Å². The lowest BCUT2D eigenvalue weighted by Gasteiger charge is -2.17. The van der Waals surface area contributed by atoms with E-state index in [0.717, 1.165) is 19.9 Å². The van der Waals surface area contributed by atoms with Gasteiger partial charge in [0.15, 0.2) is 0 Å². The molecule has 0 amide bonds. The van der Waals surface area contributed by atoms with E-state index >= 15 is 0 Å². The molecule has 0 unspecified atom stereocenters. The molecule has 0 spiro atoms. The first-order chi connectivity index (χ1) is 10.6. The molecular weight excluding hydrogens is 408 g/mol. The number of aryl methyl sites for hydroxylation is 2. The third-order valence-electron chi connectivity index (χ3n) is 3.07. The van der Waals surface area contributed by atoms with Gasteiger partial charge in [-0.3, -0.25) is 3.97 Å². The van der Waals surface area contributed by atoms with Crippen LogP contribution in [0.25, 0.3) is 11.0 Å². The summed E-state index contributed by atoms with van der Waals surface area (Å²) in [4.78, 5) is 3.28. The van der Waals surface area contributed by atoms with E-state index in [0.29, 0.717) is 0 Å². The van der Waals surface area contributed by atoms with Crippen molar-refractivity contribution in [3.05, 3.63) is 28.6 Å². The van der Waals surface area contributed by atoms with E-state index in [2.05, 4.69) is 4.98 Å². The number of benzene rings is 1. The number of hydrogen-bond donors (Lipinski definition) is 0. The third-order valence-corrected chi connectivity index (χ3v) is 4.23. The van der Waals surface area contributed by atoms with Gasteiger partial charge in [-0.1, -0.05) is 23.2 Å². The Morgan fingerprint density at radius 3 is 1.96 bits per heavy atom. The van der Waals surface area contributed by atoms with Gasteiger partial charge in [-0.25, -0.2) is 4.98 Å². The smallest absolute Gasteiger partial charge is 0.257 e. The van der Waals surface area contributed by atoms with Crippen LogP contribution in [-0.2, 0) is 12.4 Å². The predicted octanol–water partition coefficient (Wildman–Crippen LogP) is 6.25. The second kappa shape index (κ2) is 5.84. The van der Waals surface area contributed by atoms with Crippen LogP contribution in [0.4, 0.5) is 30.7 Å². The number of halogens is 9. The average molecular weight is 415 g/mol. The van der Waals surface area contributed by atoms with Gasteiger partial charge in [-0.2, -0.15) is 30.7 Å². The van der Waals surface area contributed by atoms with Crippen LogP contribution in [0.15, 0.2) is 6.07 Å². The van der Waals surface area contributed by atoms with E-state index < -0.39 is 38.7 Å². The molecule has 24 heavy (non-hydrogen) atoms. The lowest BCUT2D eigenvalue weighted by Crippen LogP contribution is -2.15. The fourth-order valence-electron chi connectivity index (χ4n) is 2.37. The van der Waals surface area contributed by atoms with Gasteiger partial charge in [0.2, 0.25) is 5.82 Å². The highest BCUT2D eigenvalue weighted by atomic mass is 35.5. The number of aromatic nitrogens is 2. The first kappa shape index (κ1) is 19.5. The van der Waals surface area contributed by atoms with Gasteiger partial charge < -0.3 is 0 Å². The third kappa shape index (κ3) is 3.70. The molecule has 0 N–H and O–H groups in total. The maximum Gasteiger partial charge on any atom is 0.450 e. The Morgan fingerprint density at radius 2 is 1.54 bits per heavy atom. The molecule has 0 saturated carbocycles. The zero-order valence-corrected chi connectivity index (χ0v) is 14.1. The quantitative estimate of drug-likeness (QED) is 0.427. The molecule has 0 aliphatic heterocycles. The number of nitrogens with zero attached hydrogens (tertiary/aromatic N) is 2. The molecule has 0 aliphatic carbocycles. The molecule has 0 saturated heterocycles. The molecule has 2 aromatic rings. The fraction of sp³-hybridized carbons (Fsp3) is 0.417. The molecule has 0 fully saturated rings. The van der Waals surface area contributed by atoms with Crippen molar-refractivity contribution in [1.29, 1.82) is 0 Å². The van der Waals surface area contributed by atoms with E-state index in [1.807, 2.05) is 0 Å². The van der Waals surface area contributed by atoms with Crippen molar-refractivity contribution in [2.24, 2.45) is 0 Å². The van der Waals surface area contributed by atoms with E-state index in [4.69, 9.17) is 23.2 Å². The molecular formula is C12H7Cl2F7N2S. The standard InChI is InChI=1S/C12H7Cl2F7N2S/c1-4-3-6-8(5(2)7(4)10(15,16)17)23(24-12(13,14)21)9(22-6)11(18,19)20/h3H,1-2H3. The normalized spacial score (nSPS) is 13.8.